The molecule has 2 rings (SSSR count). The van der Waals surface area contributed by atoms with Crippen LogP contribution in [0, 0.1) is 5.92 Å². The quantitative estimate of drug-likeness (QED) is 0.788. The molecular formula is C14H23NO3S. The van der Waals surface area contributed by atoms with Gasteiger partial charge in [-0.1, -0.05) is 12.8 Å². The van der Waals surface area contributed by atoms with E-state index in [-0.39, 0.29) is 11.9 Å². The van der Waals surface area contributed by atoms with Crippen LogP contribution in [0.2, 0.25) is 0 Å². The third kappa shape index (κ3) is 3.25. The van der Waals surface area contributed by atoms with Crippen molar-refractivity contribution in [1.82, 2.24) is 4.90 Å². The molecule has 1 heterocycles. The van der Waals surface area contributed by atoms with Crippen molar-refractivity contribution in [2.45, 2.75) is 57.0 Å². The number of aliphatic carboxylic acids is 1. The van der Waals surface area contributed by atoms with E-state index < -0.39 is 12.0 Å². The summed E-state index contributed by atoms with van der Waals surface area (Å²) in [5, 5.41) is 9.35. The second-order valence-corrected chi connectivity index (χ2v) is 6.58. The Morgan fingerprint density at radius 3 is 2.74 bits per heavy atom. The van der Waals surface area contributed by atoms with E-state index in [0.29, 0.717) is 18.8 Å². The minimum atomic E-state index is -0.826. The molecule has 2 aliphatic rings. The fourth-order valence-electron chi connectivity index (χ4n) is 3.54. The van der Waals surface area contributed by atoms with Gasteiger partial charge in [0.05, 0.1) is 0 Å². The molecule has 2 fully saturated rings. The number of fused-ring (bicyclic) bond motifs is 1. The maximum absolute atomic E-state index is 12.3. The highest BCUT2D eigenvalue weighted by Gasteiger charge is 2.47. The average Bonchev–Trinajstić information content (AvgIpc) is 2.78. The van der Waals surface area contributed by atoms with Crippen molar-refractivity contribution in [3.8, 4) is 0 Å². The smallest absolute Gasteiger partial charge is 0.326 e. The van der Waals surface area contributed by atoms with Crippen molar-refractivity contribution < 1.29 is 14.7 Å². The molecule has 0 bridgehead atoms. The fraction of sp³-hybridized carbons (Fsp3) is 0.857. The van der Waals surface area contributed by atoms with Crippen molar-refractivity contribution in [2.75, 3.05) is 12.0 Å². The summed E-state index contributed by atoms with van der Waals surface area (Å²) in [5.41, 5.74) is 0. The van der Waals surface area contributed by atoms with E-state index in [1.165, 1.54) is 6.42 Å². The molecular weight excluding hydrogens is 262 g/mol. The van der Waals surface area contributed by atoms with Crippen molar-refractivity contribution in [1.29, 1.82) is 0 Å². The van der Waals surface area contributed by atoms with Crippen LogP contribution in [0.4, 0.5) is 0 Å². The largest absolute Gasteiger partial charge is 0.480 e. The summed E-state index contributed by atoms with van der Waals surface area (Å²) in [5.74, 6) is 0.605. The van der Waals surface area contributed by atoms with E-state index in [4.69, 9.17) is 0 Å². The third-order valence-electron chi connectivity index (χ3n) is 4.40. The molecule has 1 saturated heterocycles. The van der Waals surface area contributed by atoms with Gasteiger partial charge in [-0.3, -0.25) is 4.79 Å². The Labute approximate surface area is 118 Å². The van der Waals surface area contributed by atoms with Gasteiger partial charge in [-0.05, 0) is 43.6 Å². The number of rotatable bonds is 5. The molecule has 1 amide bonds. The van der Waals surface area contributed by atoms with Crippen LogP contribution in [0.3, 0.4) is 0 Å². The SMILES string of the molecule is CSCCCC(=O)N1[C@H](C(=O)O)C[C@H]2CCCC[C@@H]21. The van der Waals surface area contributed by atoms with Gasteiger partial charge in [-0.25, -0.2) is 4.79 Å². The Kier molecular flexibility index (Phi) is 5.13. The number of hydrogen-bond acceptors (Lipinski definition) is 3. The summed E-state index contributed by atoms with van der Waals surface area (Å²) >= 11 is 1.73. The van der Waals surface area contributed by atoms with Gasteiger partial charge in [0.2, 0.25) is 5.91 Å². The predicted molar refractivity (Wildman–Crippen MR) is 76.2 cm³/mol. The zero-order valence-electron chi connectivity index (χ0n) is 11.5. The molecule has 1 N–H and O–H groups in total. The van der Waals surface area contributed by atoms with Crippen LogP contribution >= 0.6 is 11.8 Å². The molecule has 19 heavy (non-hydrogen) atoms. The third-order valence-corrected chi connectivity index (χ3v) is 5.10. The predicted octanol–water partition coefficient (Wildman–Crippen LogP) is 2.37. The second-order valence-electron chi connectivity index (χ2n) is 5.60. The van der Waals surface area contributed by atoms with Crippen LogP contribution in [0.25, 0.3) is 0 Å². The van der Waals surface area contributed by atoms with E-state index in [1.54, 1.807) is 16.7 Å². The second kappa shape index (κ2) is 6.64. The number of amides is 1. The first-order valence-electron chi connectivity index (χ1n) is 7.18. The molecule has 0 unspecified atom stereocenters. The molecule has 1 aliphatic carbocycles. The summed E-state index contributed by atoms with van der Waals surface area (Å²) < 4.78 is 0. The van der Waals surface area contributed by atoms with Gasteiger partial charge in [-0.2, -0.15) is 11.8 Å². The number of carbonyl (C=O) groups is 2. The van der Waals surface area contributed by atoms with E-state index in [2.05, 4.69) is 0 Å². The minimum Gasteiger partial charge on any atom is -0.480 e. The Hall–Kier alpha value is -0.710. The molecule has 0 aromatic heterocycles. The van der Waals surface area contributed by atoms with Gasteiger partial charge >= 0.3 is 5.97 Å². The molecule has 1 saturated carbocycles. The molecule has 5 heteroatoms. The molecule has 4 nitrogen and oxygen atoms in total. The maximum Gasteiger partial charge on any atom is 0.326 e. The van der Waals surface area contributed by atoms with Crippen molar-refractivity contribution in [3.63, 3.8) is 0 Å². The molecule has 1 aliphatic heterocycles. The lowest BCUT2D eigenvalue weighted by Crippen LogP contribution is -2.46. The monoisotopic (exact) mass is 285 g/mol. The van der Waals surface area contributed by atoms with Gasteiger partial charge in [-0.15, -0.1) is 0 Å². The van der Waals surface area contributed by atoms with Crippen LogP contribution in [-0.2, 0) is 9.59 Å². The number of carboxylic acid groups (broad SMARTS) is 1. The zero-order chi connectivity index (χ0) is 13.8. The molecule has 0 aromatic rings. The lowest BCUT2D eigenvalue weighted by molar-refractivity contribution is -0.149. The Morgan fingerprint density at radius 1 is 1.32 bits per heavy atom. The van der Waals surface area contributed by atoms with Crippen molar-refractivity contribution in [3.05, 3.63) is 0 Å². The van der Waals surface area contributed by atoms with Crippen LogP contribution < -0.4 is 0 Å². The summed E-state index contributed by atoms with van der Waals surface area (Å²) in [6.07, 6.45) is 8.41. The number of hydrogen-bond donors (Lipinski definition) is 1. The zero-order valence-corrected chi connectivity index (χ0v) is 12.3. The topological polar surface area (TPSA) is 57.6 Å². The van der Waals surface area contributed by atoms with Gasteiger partial charge in [0.25, 0.3) is 0 Å². The van der Waals surface area contributed by atoms with Crippen molar-refractivity contribution in [2.24, 2.45) is 5.92 Å². The van der Waals surface area contributed by atoms with E-state index in [1.807, 2.05) is 6.26 Å². The molecule has 0 spiro atoms. The Balaban J connectivity index is 2.04. The van der Waals surface area contributed by atoms with E-state index in [0.717, 1.165) is 31.4 Å². The van der Waals surface area contributed by atoms with Crippen LogP contribution in [-0.4, -0.2) is 46.0 Å². The highest BCUT2D eigenvalue weighted by molar-refractivity contribution is 7.98. The van der Waals surface area contributed by atoms with Gasteiger partial charge in [0.15, 0.2) is 0 Å². The molecule has 108 valence electrons. The molecule has 3 atom stereocenters. The van der Waals surface area contributed by atoms with Gasteiger partial charge in [0, 0.05) is 12.5 Å². The minimum absolute atomic E-state index is 0.0517. The number of carbonyl (C=O) groups excluding carboxylic acids is 1. The first-order chi connectivity index (χ1) is 9.15. The van der Waals surface area contributed by atoms with E-state index in [9.17, 15) is 14.7 Å². The fourth-order valence-corrected chi connectivity index (χ4v) is 3.97. The number of nitrogens with zero attached hydrogens (tertiary/aromatic N) is 1. The molecule has 0 radical (unpaired) electrons. The standard InChI is InChI=1S/C14H23NO3S/c1-19-8-4-7-13(16)15-11-6-3-2-5-10(11)9-12(15)14(17)18/h10-12H,2-9H2,1H3,(H,17,18)/t10-,11+,12+/m1/s1. The van der Waals surface area contributed by atoms with Gasteiger partial charge < -0.3 is 10.0 Å². The first kappa shape index (κ1) is 14.7. The normalized spacial score (nSPS) is 30.2. The van der Waals surface area contributed by atoms with Crippen molar-refractivity contribution >= 4 is 23.6 Å². The van der Waals surface area contributed by atoms with Crippen LogP contribution in [0.15, 0.2) is 0 Å². The Morgan fingerprint density at radius 2 is 2.05 bits per heavy atom. The van der Waals surface area contributed by atoms with Crippen LogP contribution in [0.1, 0.15) is 44.9 Å². The lowest BCUT2D eigenvalue weighted by atomic mass is 9.84. The number of likely N-dealkylation sites (tertiary alicyclic amines) is 1. The van der Waals surface area contributed by atoms with E-state index >= 15 is 0 Å². The first-order valence-corrected chi connectivity index (χ1v) is 8.57. The Bertz CT molecular complexity index is 348. The van der Waals surface area contributed by atoms with Crippen LogP contribution in [0.5, 0.6) is 0 Å². The summed E-state index contributed by atoms with van der Waals surface area (Å²) in [6.45, 7) is 0. The highest BCUT2D eigenvalue weighted by Crippen LogP contribution is 2.40. The molecule has 0 aromatic carbocycles. The average molecular weight is 285 g/mol. The lowest BCUT2D eigenvalue weighted by Gasteiger charge is -2.33. The van der Waals surface area contributed by atoms with Gasteiger partial charge in [0.1, 0.15) is 6.04 Å². The summed E-state index contributed by atoms with van der Waals surface area (Å²) in [7, 11) is 0. The summed E-state index contributed by atoms with van der Waals surface area (Å²) in [6, 6.07) is -0.383. The summed E-state index contributed by atoms with van der Waals surface area (Å²) in [4.78, 5) is 25.4. The number of carboxylic acids is 1. The number of thioether (sulfide) groups is 1. The maximum atomic E-state index is 12.3. The highest BCUT2D eigenvalue weighted by atomic mass is 32.2.